The highest BCUT2D eigenvalue weighted by Crippen LogP contribution is 2.32. The van der Waals surface area contributed by atoms with Gasteiger partial charge in [0.15, 0.2) is 0 Å². The topological polar surface area (TPSA) is 43.7 Å². The van der Waals surface area contributed by atoms with E-state index in [1.807, 2.05) is 0 Å². The molecule has 1 heterocycles. The normalized spacial score (nSPS) is 24.3. The number of aliphatic hydroxyl groups excluding tert-OH is 2. The zero-order valence-corrected chi connectivity index (χ0v) is 11.3. The van der Waals surface area contributed by atoms with E-state index in [0.717, 1.165) is 12.1 Å². The Balaban J connectivity index is 2.19. The molecule has 1 aliphatic heterocycles. The van der Waals surface area contributed by atoms with E-state index < -0.39 is 17.8 Å². The van der Waals surface area contributed by atoms with E-state index in [4.69, 9.17) is 11.6 Å². The number of likely N-dealkylation sites (tertiary alicyclic amines) is 1. The number of β-amino-alcohol motifs (C(OH)–C–C–N with tert-alkyl or cyclic N) is 1. The zero-order valence-electron chi connectivity index (χ0n) is 10.6. The predicted octanol–water partition coefficient (Wildman–Crippen LogP) is 2.29. The molecule has 0 aromatic heterocycles. The van der Waals surface area contributed by atoms with Gasteiger partial charge in [0, 0.05) is 24.2 Å². The lowest BCUT2D eigenvalue weighted by Gasteiger charge is -2.22. The van der Waals surface area contributed by atoms with Gasteiger partial charge >= 0.3 is 6.18 Å². The number of alkyl halides is 3. The number of hydrogen-bond acceptors (Lipinski definition) is 3. The van der Waals surface area contributed by atoms with Crippen molar-refractivity contribution in [1.82, 2.24) is 4.90 Å². The fourth-order valence-corrected chi connectivity index (χ4v) is 2.74. The largest absolute Gasteiger partial charge is 0.416 e. The monoisotopic (exact) mass is 309 g/mol. The summed E-state index contributed by atoms with van der Waals surface area (Å²) in [6, 6.07) is 3.16. The molecule has 0 aliphatic carbocycles. The third-order valence-electron chi connectivity index (χ3n) is 3.39. The molecule has 1 saturated heterocycles. The minimum Gasteiger partial charge on any atom is -0.395 e. The van der Waals surface area contributed by atoms with Crippen LogP contribution in [0.3, 0.4) is 0 Å². The van der Waals surface area contributed by atoms with Crippen LogP contribution in [0.2, 0.25) is 5.02 Å². The Morgan fingerprint density at radius 2 is 2.00 bits per heavy atom. The quantitative estimate of drug-likeness (QED) is 0.900. The van der Waals surface area contributed by atoms with E-state index >= 15 is 0 Å². The van der Waals surface area contributed by atoms with Gasteiger partial charge in [-0.3, -0.25) is 4.90 Å². The van der Waals surface area contributed by atoms with Crippen LogP contribution in [0.15, 0.2) is 18.2 Å². The van der Waals surface area contributed by atoms with Gasteiger partial charge < -0.3 is 10.2 Å². The highest BCUT2D eigenvalue weighted by molar-refractivity contribution is 6.30. The highest BCUT2D eigenvalue weighted by atomic mass is 35.5. The zero-order chi connectivity index (χ0) is 14.9. The highest BCUT2D eigenvalue weighted by Gasteiger charge is 2.33. The Labute approximate surface area is 119 Å². The summed E-state index contributed by atoms with van der Waals surface area (Å²) in [6.45, 7) is 0.411. The fourth-order valence-electron chi connectivity index (χ4n) is 2.48. The van der Waals surface area contributed by atoms with Crippen LogP contribution in [0.25, 0.3) is 0 Å². The molecule has 2 unspecified atom stereocenters. The first-order valence-electron chi connectivity index (χ1n) is 6.19. The lowest BCUT2D eigenvalue weighted by Crippen LogP contribution is -2.32. The van der Waals surface area contributed by atoms with E-state index in [-0.39, 0.29) is 24.2 Å². The summed E-state index contributed by atoms with van der Waals surface area (Å²) in [6.07, 6.45) is -4.59. The summed E-state index contributed by atoms with van der Waals surface area (Å²) in [5.74, 6) is 0. The van der Waals surface area contributed by atoms with Crippen LogP contribution in [0.4, 0.5) is 13.2 Å². The molecule has 0 amide bonds. The number of benzene rings is 1. The van der Waals surface area contributed by atoms with E-state index in [1.54, 1.807) is 4.90 Å². The van der Waals surface area contributed by atoms with E-state index in [0.29, 0.717) is 18.5 Å². The minimum absolute atomic E-state index is 0.0233. The van der Waals surface area contributed by atoms with Crippen molar-refractivity contribution >= 4 is 11.6 Å². The molecule has 7 heteroatoms. The summed E-state index contributed by atoms with van der Waals surface area (Å²) in [5, 5.41) is 18.8. The predicted molar refractivity (Wildman–Crippen MR) is 68.4 cm³/mol. The van der Waals surface area contributed by atoms with Crippen LogP contribution >= 0.6 is 11.6 Å². The second-order valence-corrected chi connectivity index (χ2v) is 5.44. The average molecular weight is 310 g/mol. The van der Waals surface area contributed by atoms with Crippen molar-refractivity contribution in [2.24, 2.45) is 0 Å². The van der Waals surface area contributed by atoms with Crippen molar-refractivity contribution in [1.29, 1.82) is 0 Å². The number of nitrogens with zero attached hydrogens (tertiary/aromatic N) is 1. The first-order valence-corrected chi connectivity index (χ1v) is 6.57. The van der Waals surface area contributed by atoms with Gasteiger partial charge in [-0.1, -0.05) is 11.6 Å². The summed E-state index contributed by atoms with van der Waals surface area (Å²) in [7, 11) is 0. The van der Waals surface area contributed by atoms with Crippen LogP contribution in [0, 0.1) is 0 Å². The van der Waals surface area contributed by atoms with Crippen molar-refractivity contribution in [3.05, 3.63) is 34.3 Å². The fraction of sp³-hybridized carbons (Fsp3) is 0.538. The molecule has 1 fully saturated rings. The van der Waals surface area contributed by atoms with Gasteiger partial charge in [-0.05, 0) is 30.2 Å². The van der Waals surface area contributed by atoms with Gasteiger partial charge in [-0.2, -0.15) is 13.2 Å². The van der Waals surface area contributed by atoms with Crippen LogP contribution in [-0.2, 0) is 12.7 Å². The first kappa shape index (κ1) is 15.6. The lowest BCUT2D eigenvalue weighted by atomic mass is 10.1. The number of rotatable bonds is 3. The summed E-state index contributed by atoms with van der Waals surface area (Å²) < 4.78 is 38.1. The van der Waals surface area contributed by atoms with Gasteiger partial charge in [0.05, 0.1) is 18.3 Å². The molecule has 0 spiro atoms. The molecule has 1 aromatic carbocycles. The van der Waals surface area contributed by atoms with E-state index in [2.05, 4.69) is 0 Å². The molecule has 0 bridgehead atoms. The van der Waals surface area contributed by atoms with Crippen LogP contribution < -0.4 is 0 Å². The molecule has 1 aromatic rings. The van der Waals surface area contributed by atoms with Gasteiger partial charge in [-0.15, -0.1) is 0 Å². The van der Waals surface area contributed by atoms with E-state index in [9.17, 15) is 23.4 Å². The van der Waals surface area contributed by atoms with Gasteiger partial charge in [0.1, 0.15) is 0 Å². The van der Waals surface area contributed by atoms with Crippen molar-refractivity contribution < 1.29 is 23.4 Å². The molecule has 3 nitrogen and oxygen atoms in total. The van der Waals surface area contributed by atoms with E-state index in [1.165, 1.54) is 6.07 Å². The number of aliphatic hydroxyl groups is 2. The average Bonchev–Trinajstić information content (AvgIpc) is 2.67. The van der Waals surface area contributed by atoms with Crippen LogP contribution in [0.5, 0.6) is 0 Å². The second kappa shape index (κ2) is 5.89. The summed E-state index contributed by atoms with van der Waals surface area (Å²) in [4.78, 5) is 1.76. The molecular weight excluding hydrogens is 295 g/mol. The second-order valence-electron chi connectivity index (χ2n) is 5.00. The van der Waals surface area contributed by atoms with Crippen molar-refractivity contribution in [2.75, 3.05) is 13.2 Å². The standard InChI is InChI=1S/C13H15ClF3NO2/c14-10-2-8(1-9(3-10)13(15,16)17)5-18-6-12(20)4-11(18)7-19/h1-3,11-12,19-20H,4-7H2. The molecular formula is C13H15ClF3NO2. The maximum absolute atomic E-state index is 12.7. The van der Waals surface area contributed by atoms with Crippen molar-refractivity contribution in [3.8, 4) is 0 Å². The molecule has 2 N–H and O–H groups in total. The molecule has 2 atom stereocenters. The Bertz CT molecular complexity index is 481. The minimum atomic E-state index is -4.44. The smallest absolute Gasteiger partial charge is 0.395 e. The van der Waals surface area contributed by atoms with Gasteiger partial charge in [0.25, 0.3) is 0 Å². The van der Waals surface area contributed by atoms with Crippen molar-refractivity contribution in [3.63, 3.8) is 0 Å². The molecule has 1 aliphatic rings. The SMILES string of the molecule is OCC1CC(O)CN1Cc1cc(Cl)cc(C(F)(F)F)c1. The Morgan fingerprint density at radius 3 is 2.60 bits per heavy atom. The molecule has 112 valence electrons. The lowest BCUT2D eigenvalue weighted by molar-refractivity contribution is -0.137. The van der Waals surface area contributed by atoms with Crippen LogP contribution in [-0.4, -0.2) is 40.4 Å². The number of halogens is 4. The summed E-state index contributed by atoms with van der Waals surface area (Å²) in [5.41, 5.74) is -0.377. The third kappa shape index (κ3) is 3.63. The molecule has 2 rings (SSSR count). The molecule has 20 heavy (non-hydrogen) atoms. The van der Waals surface area contributed by atoms with Crippen LogP contribution in [0.1, 0.15) is 17.5 Å². The summed E-state index contributed by atoms with van der Waals surface area (Å²) >= 11 is 5.72. The maximum Gasteiger partial charge on any atom is 0.416 e. The Hall–Kier alpha value is -0.820. The number of hydrogen-bond donors (Lipinski definition) is 2. The third-order valence-corrected chi connectivity index (χ3v) is 3.61. The maximum atomic E-state index is 12.7. The molecule has 0 saturated carbocycles. The van der Waals surface area contributed by atoms with Crippen molar-refractivity contribution in [2.45, 2.75) is 31.3 Å². The first-order chi connectivity index (χ1) is 9.29. The van der Waals surface area contributed by atoms with Gasteiger partial charge in [-0.25, -0.2) is 0 Å². The Morgan fingerprint density at radius 1 is 1.30 bits per heavy atom. The van der Waals surface area contributed by atoms with Gasteiger partial charge in [0.2, 0.25) is 0 Å². The Kier molecular flexibility index (Phi) is 4.59. The molecule has 0 radical (unpaired) electrons.